The Kier molecular flexibility index (Phi) is 4.01. The topological polar surface area (TPSA) is 83.0 Å². The van der Waals surface area contributed by atoms with Gasteiger partial charge in [-0.1, -0.05) is 0 Å². The van der Waals surface area contributed by atoms with Gasteiger partial charge in [-0.3, -0.25) is 4.79 Å². The molecular weight excluding hydrogens is 244 g/mol. The van der Waals surface area contributed by atoms with Gasteiger partial charge in [-0.15, -0.1) is 12.4 Å². The van der Waals surface area contributed by atoms with Gasteiger partial charge in [0, 0.05) is 23.7 Å². The fourth-order valence-corrected chi connectivity index (χ4v) is 1.31. The summed E-state index contributed by atoms with van der Waals surface area (Å²) < 4.78 is 0. The van der Waals surface area contributed by atoms with Crippen molar-refractivity contribution in [1.29, 1.82) is 0 Å². The van der Waals surface area contributed by atoms with E-state index in [1.807, 2.05) is 0 Å². The van der Waals surface area contributed by atoms with Crippen LogP contribution in [-0.4, -0.2) is 21.0 Å². The van der Waals surface area contributed by atoms with Crippen LogP contribution in [0.3, 0.4) is 0 Å². The number of hydrogen-bond acceptors (Lipinski definition) is 3. The molecule has 2 N–H and O–H groups in total. The van der Waals surface area contributed by atoms with Gasteiger partial charge in [0.2, 0.25) is 5.56 Å². The summed E-state index contributed by atoms with van der Waals surface area (Å²) in [6, 6.07) is 4.78. The van der Waals surface area contributed by atoms with Crippen molar-refractivity contribution < 1.29 is 9.90 Å². The second-order valence-corrected chi connectivity index (χ2v) is 3.20. The molecule has 0 radical (unpaired) electrons. The first-order valence-electron chi connectivity index (χ1n) is 4.55. The minimum absolute atomic E-state index is 0. The summed E-state index contributed by atoms with van der Waals surface area (Å²) in [6.45, 7) is 0. The third-order valence-electron chi connectivity index (χ3n) is 2.01. The van der Waals surface area contributed by atoms with Crippen LogP contribution in [0.15, 0.2) is 35.3 Å². The Hall–Kier alpha value is -2.14. The van der Waals surface area contributed by atoms with Crippen molar-refractivity contribution in [3.63, 3.8) is 0 Å². The first-order chi connectivity index (χ1) is 7.65. The number of carboxylic acid groups (broad SMARTS) is 1. The Morgan fingerprint density at radius 1 is 1.41 bits per heavy atom. The standard InChI is InChI=1S/C11H8N2O3.ClH/c14-9-3-2-8-5-7(1-4-10(15)16)6-12-11(8)13-9;/h1-6H,(H,15,16)(H,12,13,14);1H/b4-1+;. The number of rotatable bonds is 2. The van der Waals surface area contributed by atoms with Crippen LogP contribution in [0.4, 0.5) is 0 Å². The van der Waals surface area contributed by atoms with Crippen LogP contribution in [0.2, 0.25) is 0 Å². The molecule has 88 valence electrons. The Balaban J connectivity index is 0.00000144. The lowest BCUT2D eigenvalue weighted by atomic mass is 10.2. The molecule has 0 unspecified atom stereocenters. The van der Waals surface area contributed by atoms with Gasteiger partial charge < -0.3 is 10.1 Å². The molecule has 0 aromatic carbocycles. The Bertz CT molecular complexity index is 634. The predicted octanol–water partition coefficient (Wildman–Crippen LogP) is 1.44. The minimum atomic E-state index is -1.01. The zero-order chi connectivity index (χ0) is 11.5. The van der Waals surface area contributed by atoms with Crippen molar-refractivity contribution in [2.45, 2.75) is 0 Å². The lowest BCUT2D eigenvalue weighted by molar-refractivity contribution is -0.131. The van der Waals surface area contributed by atoms with E-state index in [2.05, 4.69) is 9.97 Å². The van der Waals surface area contributed by atoms with Crippen LogP contribution in [0.5, 0.6) is 0 Å². The number of aromatic nitrogens is 2. The summed E-state index contributed by atoms with van der Waals surface area (Å²) in [5.41, 5.74) is 0.941. The molecule has 2 heterocycles. The Labute approximate surface area is 102 Å². The van der Waals surface area contributed by atoms with Crippen molar-refractivity contribution in [2.75, 3.05) is 0 Å². The maximum atomic E-state index is 11.0. The normalized spacial score (nSPS) is 10.4. The second kappa shape index (κ2) is 5.27. The van der Waals surface area contributed by atoms with E-state index in [0.717, 1.165) is 11.5 Å². The molecule has 2 rings (SSSR count). The van der Waals surface area contributed by atoms with E-state index in [0.29, 0.717) is 11.2 Å². The molecule has 0 aliphatic rings. The highest BCUT2D eigenvalue weighted by atomic mass is 35.5. The average molecular weight is 253 g/mol. The highest BCUT2D eigenvalue weighted by Gasteiger charge is 1.97. The molecule has 2 aromatic heterocycles. The fourth-order valence-electron chi connectivity index (χ4n) is 1.31. The van der Waals surface area contributed by atoms with E-state index in [1.165, 1.54) is 18.3 Å². The molecule has 0 aliphatic heterocycles. The smallest absolute Gasteiger partial charge is 0.328 e. The summed E-state index contributed by atoms with van der Waals surface area (Å²) in [5.74, 6) is -1.01. The van der Waals surface area contributed by atoms with E-state index >= 15 is 0 Å². The molecule has 0 bridgehead atoms. The number of carboxylic acids is 1. The number of nitrogens with zero attached hydrogens (tertiary/aromatic N) is 1. The molecular formula is C11H9ClN2O3. The molecule has 0 spiro atoms. The first kappa shape index (κ1) is 12.9. The molecule has 0 aliphatic carbocycles. The van der Waals surface area contributed by atoms with Gasteiger partial charge in [-0.05, 0) is 23.8 Å². The second-order valence-electron chi connectivity index (χ2n) is 3.20. The number of H-pyrrole nitrogens is 1. The first-order valence-corrected chi connectivity index (χ1v) is 4.55. The number of aliphatic carboxylic acids is 1. The zero-order valence-electron chi connectivity index (χ0n) is 8.58. The van der Waals surface area contributed by atoms with Crippen molar-refractivity contribution in [3.8, 4) is 0 Å². The highest BCUT2D eigenvalue weighted by molar-refractivity contribution is 5.86. The number of fused-ring (bicyclic) bond motifs is 1. The van der Waals surface area contributed by atoms with E-state index in [9.17, 15) is 9.59 Å². The summed E-state index contributed by atoms with van der Waals surface area (Å²) >= 11 is 0. The van der Waals surface area contributed by atoms with E-state index in [4.69, 9.17) is 5.11 Å². The van der Waals surface area contributed by atoms with Crippen LogP contribution < -0.4 is 5.56 Å². The van der Waals surface area contributed by atoms with E-state index in [-0.39, 0.29) is 18.0 Å². The van der Waals surface area contributed by atoms with Crippen molar-refractivity contribution in [3.05, 3.63) is 46.4 Å². The monoisotopic (exact) mass is 252 g/mol. The van der Waals surface area contributed by atoms with Gasteiger partial charge in [0.1, 0.15) is 5.65 Å². The number of carbonyl (C=O) groups is 1. The predicted molar refractivity (Wildman–Crippen MR) is 66.3 cm³/mol. The number of aromatic amines is 1. The minimum Gasteiger partial charge on any atom is -0.478 e. The quantitative estimate of drug-likeness (QED) is 0.793. The van der Waals surface area contributed by atoms with Gasteiger partial charge in [-0.25, -0.2) is 9.78 Å². The summed E-state index contributed by atoms with van der Waals surface area (Å²) in [6.07, 6.45) is 3.98. The molecule has 5 nitrogen and oxygen atoms in total. The zero-order valence-corrected chi connectivity index (χ0v) is 9.40. The number of pyridine rings is 2. The maximum absolute atomic E-state index is 11.0. The van der Waals surface area contributed by atoms with Gasteiger partial charge in [-0.2, -0.15) is 0 Å². The SMILES string of the molecule is Cl.O=C(O)/C=C/c1cnc2[nH]c(=O)ccc2c1. The van der Waals surface area contributed by atoms with Crippen molar-refractivity contribution in [2.24, 2.45) is 0 Å². The van der Waals surface area contributed by atoms with Gasteiger partial charge in [0.15, 0.2) is 0 Å². The van der Waals surface area contributed by atoms with Crippen LogP contribution in [0.25, 0.3) is 17.1 Å². The summed E-state index contributed by atoms with van der Waals surface area (Å²) in [7, 11) is 0. The Morgan fingerprint density at radius 3 is 2.88 bits per heavy atom. The number of halogens is 1. The van der Waals surface area contributed by atoms with E-state index in [1.54, 1.807) is 12.1 Å². The van der Waals surface area contributed by atoms with Crippen molar-refractivity contribution >= 4 is 35.5 Å². The van der Waals surface area contributed by atoms with Crippen LogP contribution in [0.1, 0.15) is 5.56 Å². The van der Waals surface area contributed by atoms with Gasteiger partial charge >= 0.3 is 5.97 Å². The third kappa shape index (κ3) is 3.15. The molecule has 0 fully saturated rings. The molecule has 17 heavy (non-hydrogen) atoms. The van der Waals surface area contributed by atoms with Crippen molar-refractivity contribution in [1.82, 2.24) is 9.97 Å². The van der Waals surface area contributed by atoms with Gasteiger partial charge in [0.25, 0.3) is 0 Å². The summed E-state index contributed by atoms with van der Waals surface area (Å²) in [5, 5.41) is 9.23. The van der Waals surface area contributed by atoms with Crippen LogP contribution in [0, 0.1) is 0 Å². The highest BCUT2D eigenvalue weighted by Crippen LogP contribution is 2.10. The maximum Gasteiger partial charge on any atom is 0.328 e. The number of hydrogen-bond donors (Lipinski definition) is 2. The molecule has 6 heteroatoms. The van der Waals surface area contributed by atoms with Crippen LogP contribution >= 0.6 is 12.4 Å². The van der Waals surface area contributed by atoms with Gasteiger partial charge in [0.05, 0.1) is 0 Å². The third-order valence-corrected chi connectivity index (χ3v) is 2.01. The molecule has 0 amide bonds. The lowest BCUT2D eigenvalue weighted by Crippen LogP contribution is -2.03. The fraction of sp³-hybridized carbons (Fsp3) is 0. The lowest BCUT2D eigenvalue weighted by Gasteiger charge is -1.97. The van der Waals surface area contributed by atoms with Crippen LogP contribution in [-0.2, 0) is 4.79 Å². The molecule has 0 saturated carbocycles. The molecule has 0 saturated heterocycles. The Morgan fingerprint density at radius 2 is 2.18 bits per heavy atom. The van der Waals surface area contributed by atoms with E-state index < -0.39 is 5.97 Å². The molecule has 2 aromatic rings. The summed E-state index contributed by atoms with van der Waals surface area (Å²) in [4.78, 5) is 27.9. The average Bonchev–Trinajstić information content (AvgIpc) is 2.26. The number of nitrogens with one attached hydrogen (secondary N) is 1. The largest absolute Gasteiger partial charge is 0.478 e. The molecule has 0 atom stereocenters.